The molecule has 2 rings (SSSR count). The number of nitrogens with one attached hydrogen (secondary N) is 1. The van der Waals surface area contributed by atoms with E-state index in [1.807, 2.05) is 0 Å². The van der Waals surface area contributed by atoms with Gasteiger partial charge in [0.1, 0.15) is 0 Å². The van der Waals surface area contributed by atoms with Crippen LogP contribution in [0.25, 0.3) is 0 Å². The standard InChI is InChI=1S/C16H26N2/c1-16(2)9-8-15(11-16)17-14-7-5-6-13(10-14)12-18(3)4/h5-7,10,15,17H,8-9,11-12H2,1-4H3. The number of rotatable bonds is 4. The highest BCUT2D eigenvalue weighted by Crippen LogP contribution is 2.38. The van der Waals surface area contributed by atoms with Gasteiger partial charge in [0.25, 0.3) is 0 Å². The van der Waals surface area contributed by atoms with Crippen LogP contribution in [0, 0.1) is 5.41 Å². The van der Waals surface area contributed by atoms with Crippen LogP contribution in [0.3, 0.4) is 0 Å². The van der Waals surface area contributed by atoms with Crippen molar-refractivity contribution in [3.8, 4) is 0 Å². The lowest BCUT2D eigenvalue weighted by molar-refractivity contribution is 0.378. The first-order chi connectivity index (χ1) is 8.44. The quantitative estimate of drug-likeness (QED) is 0.870. The Morgan fingerprint density at radius 2 is 2.11 bits per heavy atom. The molecule has 1 aliphatic rings. The smallest absolute Gasteiger partial charge is 0.0345 e. The predicted molar refractivity (Wildman–Crippen MR) is 78.9 cm³/mol. The summed E-state index contributed by atoms with van der Waals surface area (Å²) in [7, 11) is 4.22. The van der Waals surface area contributed by atoms with E-state index in [1.165, 1.54) is 30.5 Å². The number of benzene rings is 1. The summed E-state index contributed by atoms with van der Waals surface area (Å²) in [6.45, 7) is 5.75. The van der Waals surface area contributed by atoms with E-state index in [1.54, 1.807) is 0 Å². The van der Waals surface area contributed by atoms with Crippen molar-refractivity contribution in [2.75, 3.05) is 19.4 Å². The topological polar surface area (TPSA) is 15.3 Å². The van der Waals surface area contributed by atoms with Gasteiger partial charge in [0.15, 0.2) is 0 Å². The first-order valence-electron chi connectivity index (χ1n) is 6.95. The third kappa shape index (κ3) is 3.74. The second-order valence-electron chi connectivity index (χ2n) is 6.69. The fourth-order valence-electron chi connectivity index (χ4n) is 2.92. The summed E-state index contributed by atoms with van der Waals surface area (Å²) in [5, 5.41) is 3.69. The first kappa shape index (κ1) is 13.4. The molecule has 1 aromatic carbocycles. The van der Waals surface area contributed by atoms with Gasteiger partial charge in [-0.05, 0) is 56.5 Å². The summed E-state index contributed by atoms with van der Waals surface area (Å²) in [5.41, 5.74) is 3.16. The second kappa shape index (κ2) is 5.31. The number of hydrogen-bond acceptors (Lipinski definition) is 2. The van der Waals surface area contributed by atoms with E-state index >= 15 is 0 Å². The fourth-order valence-corrected chi connectivity index (χ4v) is 2.92. The van der Waals surface area contributed by atoms with Crippen molar-refractivity contribution in [2.24, 2.45) is 5.41 Å². The van der Waals surface area contributed by atoms with E-state index in [4.69, 9.17) is 0 Å². The molecule has 2 nitrogen and oxygen atoms in total. The lowest BCUT2D eigenvalue weighted by Crippen LogP contribution is -2.18. The third-order valence-electron chi connectivity index (χ3n) is 3.77. The van der Waals surface area contributed by atoms with Crippen LogP contribution >= 0.6 is 0 Å². The van der Waals surface area contributed by atoms with E-state index in [0.717, 1.165) is 6.54 Å². The maximum absolute atomic E-state index is 3.69. The summed E-state index contributed by atoms with van der Waals surface area (Å²) < 4.78 is 0. The Bertz CT molecular complexity index is 396. The Morgan fingerprint density at radius 3 is 2.72 bits per heavy atom. The zero-order chi connectivity index (χ0) is 13.2. The molecule has 1 unspecified atom stereocenters. The summed E-state index contributed by atoms with van der Waals surface area (Å²) >= 11 is 0. The first-order valence-corrected chi connectivity index (χ1v) is 6.95. The maximum atomic E-state index is 3.69. The zero-order valence-corrected chi connectivity index (χ0v) is 12.2. The van der Waals surface area contributed by atoms with Crippen molar-refractivity contribution in [3.05, 3.63) is 29.8 Å². The monoisotopic (exact) mass is 246 g/mol. The van der Waals surface area contributed by atoms with E-state index < -0.39 is 0 Å². The molecular weight excluding hydrogens is 220 g/mol. The van der Waals surface area contributed by atoms with Gasteiger partial charge < -0.3 is 10.2 Å². The van der Waals surface area contributed by atoms with Crippen molar-refractivity contribution in [2.45, 2.75) is 45.7 Å². The molecule has 1 aromatic rings. The third-order valence-corrected chi connectivity index (χ3v) is 3.77. The Balaban J connectivity index is 1.97. The Kier molecular flexibility index (Phi) is 3.96. The van der Waals surface area contributed by atoms with E-state index in [-0.39, 0.29) is 0 Å². The van der Waals surface area contributed by atoms with E-state index in [0.29, 0.717) is 11.5 Å². The van der Waals surface area contributed by atoms with Gasteiger partial charge in [0.05, 0.1) is 0 Å². The molecule has 1 atom stereocenters. The van der Waals surface area contributed by atoms with E-state index in [2.05, 4.69) is 62.4 Å². The Morgan fingerprint density at radius 1 is 1.33 bits per heavy atom. The number of nitrogens with zero attached hydrogens (tertiary/aromatic N) is 1. The van der Waals surface area contributed by atoms with Crippen LogP contribution in [0.1, 0.15) is 38.7 Å². The summed E-state index contributed by atoms with van der Waals surface area (Å²) in [5.74, 6) is 0. The van der Waals surface area contributed by atoms with Crippen LogP contribution < -0.4 is 5.32 Å². The molecule has 100 valence electrons. The highest BCUT2D eigenvalue weighted by atomic mass is 15.0. The van der Waals surface area contributed by atoms with Crippen molar-refractivity contribution >= 4 is 5.69 Å². The molecule has 0 saturated heterocycles. The van der Waals surface area contributed by atoms with Crippen molar-refractivity contribution in [1.29, 1.82) is 0 Å². The lowest BCUT2D eigenvalue weighted by Gasteiger charge is -2.19. The second-order valence-corrected chi connectivity index (χ2v) is 6.69. The Hall–Kier alpha value is -1.02. The van der Waals surface area contributed by atoms with Crippen LogP contribution in [-0.2, 0) is 6.54 Å². The SMILES string of the molecule is CN(C)Cc1cccc(NC2CCC(C)(C)C2)c1. The highest BCUT2D eigenvalue weighted by molar-refractivity contribution is 5.46. The molecule has 0 bridgehead atoms. The van der Waals surface area contributed by atoms with Crippen LogP contribution in [0.5, 0.6) is 0 Å². The minimum atomic E-state index is 0.513. The van der Waals surface area contributed by atoms with Crippen LogP contribution in [0.15, 0.2) is 24.3 Å². The molecule has 0 radical (unpaired) electrons. The fraction of sp³-hybridized carbons (Fsp3) is 0.625. The summed E-state index contributed by atoms with van der Waals surface area (Å²) in [4.78, 5) is 2.21. The molecule has 1 fully saturated rings. The molecular formula is C16H26N2. The largest absolute Gasteiger partial charge is 0.382 e. The van der Waals surface area contributed by atoms with Crippen molar-refractivity contribution < 1.29 is 0 Å². The highest BCUT2D eigenvalue weighted by Gasteiger charge is 2.30. The zero-order valence-electron chi connectivity index (χ0n) is 12.2. The number of hydrogen-bond donors (Lipinski definition) is 1. The van der Waals surface area contributed by atoms with Crippen molar-refractivity contribution in [1.82, 2.24) is 4.90 Å². The number of anilines is 1. The summed E-state index contributed by atoms with van der Waals surface area (Å²) in [6.07, 6.45) is 3.91. The van der Waals surface area contributed by atoms with Gasteiger partial charge in [-0.25, -0.2) is 0 Å². The molecule has 0 aliphatic heterocycles. The molecule has 1 N–H and O–H groups in total. The maximum Gasteiger partial charge on any atom is 0.0345 e. The summed E-state index contributed by atoms with van der Waals surface area (Å²) in [6, 6.07) is 9.47. The lowest BCUT2D eigenvalue weighted by atomic mass is 9.92. The molecule has 0 aromatic heterocycles. The average molecular weight is 246 g/mol. The molecule has 18 heavy (non-hydrogen) atoms. The molecule has 1 saturated carbocycles. The van der Waals surface area contributed by atoms with Gasteiger partial charge in [0.2, 0.25) is 0 Å². The predicted octanol–water partition coefficient (Wildman–Crippen LogP) is 3.74. The normalized spacial score (nSPS) is 22.4. The van der Waals surface area contributed by atoms with Crippen LogP contribution in [-0.4, -0.2) is 25.0 Å². The van der Waals surface area contributed by atoms with Gasteiger partial charge >= 0.3 is 0 Å². The average Bonchev–Trinajstić information content (AvgIpc) is 2.57. The van der Waals surface area contributed by atoms with Crippen molar-refractivity contribution in [3.63, 3.8) is 0 Å². The minimum absolute atomic E-state index is 0.513. The van der Waals surface area contributed by atoms with Gasteiger partial charge in [0, 0.05) is 18.3 Å². The van der Waals surface area contributed by atoms with Gasteiger partial charge in [-0.1, -0.05) is 26.0 Å². The van der Waals surface area contributed by atoms with Crippen LogP contribution in [0.4, 0.5) is 5.69 Å². The van der Waals surface area contributed by atoms with Gasteiger partial charge in [-0.2, -0.15) is 0 Å². The van der Waals surface area contributed by atoms with E-state index in [9.17, 15) is 0 Å². The molecule has 2 heteroatoms. The van der Waals surface area contributed by atoms with Gasteiger partial charge in [-0.3, -0.25) is 0 Å². The molecule has 0 amide bonds. The van der Waals surface area contributed by atoms with Gasteiger partial charge in [-0.15, -0.1) is 0 Å². The minimum Gasteiger partial charge on any atom is -0.382 e. The van der Waals surface area contributed by atoms with Crippen LogP contribution in [0.2, 0.25) is 0 Å². The molecule has 1 aliphatic carbocycles. The molecule has 0 heterocycles. The molecule has 0 spiro atoms. The Labute approximate surface area is 111 Å².